The number of furan rings is 1. The fraction of sp³-hybridized carbons (Fsp3) is 0.235. The van der Waals surface area contributed by atoms with E-state index in [1.54, 1.807) is 6.26 Å². The monoisotopic (exact) mass is 279 g/mol. The van der Waals surface area contributed by atoms with Gasteiger partial charge in [-0.2, -0.15) is 5.10 Å². The van der Waals surface area contributed by atoms with Gasteiger partial charge in [-0.05, 0) is 50.6 Å². The lowest BCUT2D eigenvalue weighted by Gasteiger charge is -2.29. The maximum Gasteiger partial charge on any atom is 0.180 e. The van der Waals surface area contributed by atoms with Crippen LogP contribution in [0.1, 0.15) is 28.7 Å². The van der Waals surface area contributed by atoms with Crippen LogP contribution >= 0.6 is 0 Å². The number of aryl methyl sites for hydroxylation is 3. The van der Waals surface area contributed by atoms with E-state index in [0.29, 0.717) is 0 Å². The fourth-order valence-corrected chi connectivity index (χ4v) is 3.11. The molecule has 0 fully saturated rings. The van der Waals surface area contributed by atoms with Gasteiger partial charge in [-0.25, -0.2) is 4.68 Å². The molecule has 1 atom stereocenters. The highest BCUT2D eigenvalue weighted by Crippen LogP contribution is 2.40. The number of aromatic nitrogens is 2. The molecule has 21 heavy (non-hydrogen) atoms. The van der Waals surface area contributed by atoms with E-state index >= 15 is 0 Å². The predicted molar refractivity (Wildman–Crippen MR) is 82.3 cm³/mol. The Hall–Kier alpha value is -2.49. The highest BCUT2D eigenvalue weighted by Gasteiger charge is 2.29. The SMILES string of the molecule is Cc1cc(C)c2c(c1)-c1cc(C)nn1[C@H](c1ccco1)N2. The van der Waals surface area contributed by atoms with Gasteiger partial charge in [0.1, 0.15) is 5.76 Å². The predicted octanol–water partition coefficient (Wildman–Crippen LogP) is 4.04. The Bertz CT molecular complexity index is 815. The molecule has 2 aromatic heterocycles. The summed E-state index contributed by atoms with van der Waals surface area (Å²) in [6.45, 7) is 6.28. The summed E-state index contributed by atoms with van der Waals surface area (Å²) in [5.41, 5.74) is 7.01. The first-order valence-electron chi connectivity index (χ1n) is 7.11. The van der Waals surface area contributed by atoms with E-state index in [1.807, 2.05) is 23.7 Å². The average Bonchev–Trinajstić information content (AvgIpc) is 3.06. The third kappa shape index (κ3) is 1.79. The fourth-order valence-electron chi connectivity index (χ4n) is 3.11. The van der Waals surface area contributed by atoms with Crippen molar-refractivity contribution in [3.8, 4) is 11.3 Å². The lowest BCUT2D eigenvalue weighted by molar-refractivity contribution is 0.430. The third-order valence-electron chi connectivity index (χ3n) is 3.95. The molecule has 1 N–H and O–H groups in total. The quantitative estimate of drug-likeness (QED) is 0.731. The zero-order chi connectivity index (χ0) is 14.6. The van der Waals surface area contributed by atoms with Gasteiger partial charge in [0.25, 0.3) is 0 Å². The van der Waals surface area contributed by atoms with Crippen molar-refractivity contribution < 1.29 is 4.42 Å². The first-order chi connectivity index (χ1) is 10.1. The summed E-state index contributed by atoms with van der Waals surface area (Å²) in [4.78, 5) is 0. The molecule has 0 radical (unpaired) electrons. The van der Waals surface area contributed by atoms with E-state index in [9.17, 15) is 0 Å². The van der Waals surface area contributed by atoms with Gasteiger partial charge in [0.15, 0.2) is 6.17 Å². The molecule has 1 aliphatic heterocycles. The summed E-state index contributed by atoms with van der Waals surface area (Å²) in [6, 6.07) is 10.4. The number of fused-ring (bicyclic) bond motifs is 3. The molecule has 0 spiro atoms. The molecule has 0 saturated carbocycles. The van der Waals surface area contributed by atoms with Crippen LogP contribution in [-0.4, -0.2) is 9.78 Å². The van der Waals surface area contributed by atoms with E-state index in [2.05, 4.69) is 42.5 Å². The Morgan fingerprint density at radius 1 is 1.19 bits per heavy atom. The maximum atomic E-state index is 5.59. The van der Waals surface area contributed by atoms with Crippen LogP contribution in [0.25, 0.3) is 11.3 Å². The second-order valence-corrected chi connectivity index (χ2v) is 5.68. The number of hydrogen-bond acceptors (Lipinski definition) is 3. The Kier molecular flexibility index (Phi) is 2.48. The standard InChI is InChI=1S/C17H17N3O/c1-10-7-11(2)16-13(8-10)14-9-12(3)19-20(14)17(18-16)15-5-4-6-21-15/h4-9,17-18H,1-3H3/t17-/m1/s1. The molecule has 3 aromatic rings. The van der Waals surface area contributed by atoms with Crippen molar-refractivity contribution in [1.29, 1.82) is 0 Å². The molecule has 0 amide bonds. The Morgan fingerprint density at radius 3 is 2.81 bits per heavy atom. The van der Waals surface area contributed by atoms with Gasteiger partial charge in [-0.3, -0.25) is 0 Å². The van der Waals surface area contributed by atoms with Crippen molar-refractivity contribution >= 4 is 5.69 Å². The van der Waals surface area contributed by atoms with Gasteiger partial charge < -0.3 is 9.73 Å². The summed E-state index contributed by atoms with van der Waals surface area (Å²) < 4.78 is 7.60. The van der Waals surface area contributed by atoms with E-state index in [-0.39, 0.29) is 6.17 Å². The third-order valence-corrected chi connectivity index (χ3v) is 3.95. The molecule has 106 valence electrons. The van der Waals surface area contributed by atoms with Gasteiger partial charge in [-0.15, -0.1) is 0 Å². The second kappa shape index (κ2) is 4.25. The Morgan fingerprint density at radius 2 is 2.05 bits per heavy atom. The molecule has 0 aliphatic carbocycles. The summed E-state index contributed by atoms with van der Waals surface area (Å²) >= 11 is 0. The molecule has 3 heterocycles. The lowest BCUT2D eigenvalue weighted by atomic mass is 9.99. The Balaban J connectivity index is 1.98. The number of anilines is 1. The van der Waals surface area contributed by atoms with Crippen molar-refractivity contribution in [2.45, 2.75) is 26.9 Å². The first kappa shape index (κ1) is 12.3. The largest absolute Gasteiger partial charge is 0.465 e. The number of nitrogens with zero attached hydrogens (tertiary/aromatic N) is 2. The zero-order valence-corrected chi connectivity index (χ0v) is 12.3. The number of nitrogens with one attached hydrogen (secondary N) is 1. The van der Waals surface area contributed by atoms with Gasteiger partial charge in [-0.1, -0.05) is 11.6 Å². The van der Waals surface area contributed by atoms with Gasteiger partial charge in [0.05, 0.1) is 17.7 Å². The van der Waals surface area contributed by atoms with Crippen molar-refractivity contribution in [2.75, 3.05) is 5.32 Å². The molecule has 0 bridgehead atoms. The highest BCUT2D eigenvalue weighted by molar-refractivity contribution is 5.81. The van der Waals surface area contributed by atoms with Gasteiger partial charge in [0.2, 0.25) is 0 Å². The van der Waals surface area contributed by atoms with E-state index in [0.717, 1.165) is 22.8 Å². The van der Waals surface area contributed by atoms with E-state index in [1.165, 1.54) is 16.7 Å². The minimum absolute atomic E-state index is 0.0994. The average molecular weight is 279 g/mol. The van der Waals surface area contributed by atoms with Crippen LogP contribution in [0, 0.1) is 20.8 Å². The summed E-state index contributed by atoms with van der Waals surface area (Å²) in [5, 5.41) is 8.21. The maximum absolute atomic E-state index is 5.59. The molecule has 0 saturated heterocycles. The molecule has 4 heteroatoms. The summed E-state index contributed by atoms with van der Waals surface area (Å²) in [7, 11) is 0. The summed E-state index contributed by atoms with van der Waals surface area (Å²) in [6.07, 6.45) is 1.60. The molecule has 4 rings (SSSR count). The van der Waals surface area contributed by atoms with Crippen LogP contribution in [0.5, 0.6) is 0 Å². The molecule has 4 nitrogen and oxygen atoms in total. The second-order valence-electron chi connectivity index (χ2n) is 5.68. The highest BCUT2D eigenvalue weighted by atomic mass is 16.3. The minimum atomic E-state index is -0.0994. The number of hydrogen-bond donors (Lipinski definition) is 1. The zero-order valence-electron chi connectivity index (χ0n) is 12.3. The van der Waals surface area contributed by atoms with Crippen molar-refractivity contribution in [3.05, 3.63) is 59.2 Å². The van der Waals surface area contributed by atoms with Crippen molar-refractivity contribution in [3.63, 3.8) is 0 Å². The Labute approximate surface area is 123 Å². The van der Waals surface area contributed by atoms with Gasteiger partial charge >= 0.3 is 0 Å². The molecule has 0 unspecified atom stereocenters. The van der Waals surface area contributed by atoms with Crippen LogP contribution in [0.15, 0.2) is 41.0 Å². The number of benzene rings is 1. The smallest absolute Gasteiger partial charge is 0.180 e. The van der Waals surface area contributed by atoms with Gasteiger partial charge in [0, 0.05) is 11.3 Å². The first-order valence-corrected chi connectivity index (χ1v) is 7.11. The topological polar surface area (TPSA) is 43.0 Å². The number of rotatable bonds is 1. The molecular weight excluding hydrogens is 262 g/mol. The molecule has 1 aromatic carbocycles. The molecule has 1 aliphatic rings. The van der Waals surface area contributed by atoms with Crippen LogP contribution in [0.3, 0.4) is 0 Å². The normalized spacial score (nSPS) is 16.2. The van der Waals surface area contributed by atoms with Crippen molar-refractivity contribution in [1.82, 2.24) is 9.78 Å². The van der Waals surface area contributed by atoms with Crippen LogP contribution in [0.4, 0.5) is 5.69 Å². The lowest BCUT2D eigenvalue weighted by Crippen LogP contribution is -2.25. The van der Waals surface area contributed by atoms with Crippen LogP contribution in [-0.2, 0) is 0 Å². The summed E-state index contributed by atoms with van der Waals surface area (Å²) in [5.74, 6) is 0.866. The van der Waals surface area contributed by atoms with Crippen molar-refractivity contribution in [2.24, 2.45) is 0 Å². The van der Waals surface area contributed by atoms with E-state index < -0.39 is 0 Å². The minimum Gasteiger partial charge on any atom is -0.465 e. The van der Waals surface area contributed by atoms with E-state index in [4.69, 9.17) is 4.42 Å². The van der Waals surface area contributed by atoms with Crippen LogP contribution in [0.2, 0.25) is 0 Å². The van der Waals surface area contributed by atoms with Crippen LogP contribution < -0.4 is 5.32 Å². The molecular formula is C17H17N3O.